The van der Waals surface area contributed by atoms with Crippen molar-refractivity contribution in [1.82, 2.24) is 5.32 Å². The molecule has 6 nitrogen and oxygen atoms in total. The molecule has 2 unspecified atom stereocenters. The van der Waals surface area contributed by atoms with Crippen molar-refractivity contribution in [2.45, 2.75) is 18.6 Å². The van der Waals surface area contributed by atoms with E-state index in [0.717, 1.165) is 17.7 Å². The third kappa shape index (κ3) is 4.76. The Kier molecular flexibility index (Phi) is 6.13. The second-order valence-electron chi connectivity index (χ2n) is 7.38. The van der Waals surface area contributed by atoms with Crippen molar-refractivity contribution in [2.24, 2.45) is 0 Å². The number of halogens is 2. The van der Waals surface area contributed by atoms with Crippen molar-refractivity contribution in [2.75, 3.05) is 11.9 Å². The number of benzene rings is 3. The molecule has 1 aliphatic rings. The van der Waals surface area contributed by atoms with Gasteiger partial charge in [0.25, 0.3) is 11.8 Å². The molecule has 0 aromatic heterocycles. The maximum absolute atomic E-state index is 13.8. The first-order valence-corrected chi connectivity index (χ1v) is 9.97. The maximum atomic E-state index is 13.8. The molecular formula is C24H20F2N2O4. The average molecular weight is 438 g/mol. The summed E-state index contributed by atoms with van der Waals surface area (Å²) in [7, 11) is 0. The summed E-state index contributed by atoms with van der Waals surface area (Å²) >= 11 is 0. The van der Waals surface area contributed by atoms with Gasteiger partial charge in [0.1, 0.15) is 17.4 Å². The van der Waals surface area contributed by atoms with Crippen LogP contribution in [-0.2, 0) is 11.2 Å². The highest BCUT2D eigenvalue weighted by molar-refractivity contribution is 5.98. The van der Waals surface area contributed by atoms with E-state index in [1.54, 1.807) is 18.2 Å². The molecule has 4 rings (SSSR count). The van der Waals surface area contributed by atoms with Crippen LogP contribution in [0.25, 0.3) is 0 Å². The van der Waals surface area contributed by atoms with Crippen molar-refractivity contribution in [3.63, 3.8) is 0 Å². The Labute approximate surface area is 182 Å². The highest BCUT2D eigenvalue weighted by Crippen LogP contribution is 2.28. The van der Waals surface area contributed by atoms with Gasteiger partial charge in [0.05, 0.1) is 6.10 Å². The molecule has 0 spiro atoms. The number of anilines is 1. The fraction of sp³-hybridized carbons (Fsp3) is 0.167. The summed E-state index contributed by atoms with van der Waals surface area (Å²) in [5.74, 6) is -1.83. The van der Waals surface area contributed by atoms with Crippen molar-refractivity contribution < 1.29 is 28.2 Å². The van der Waals surface area contributed by atoms with Gasteiger partial charge in [0.15, 0.2) is 6.10 Å². The van der Waals surface area contributed by atoms with E-state index in [0.29, 0.717) is 23.9 Å². The quantitative estimate of drug-likeness (QED) is 0.551. The van der Waals surface area contributed by atoms with Crippen molar-refractivity contribution in [1.29, 1.82) is 0 Å². The van der Waals surface area contributed by atoms with E-state index in [-0.39, 0.29) is 23.6 Å². The van der Waals surface area contributed by atoms with Crippen LogP contribution in [0.5, 0.6) is 5.75 Å². The van der Waals surface area contributed by atoms with Gasteiger partial charge in [-0.05, 0) is 35.9 Å². The number of hydrogen-bond acceptors (Lipinski definition) is 4. The van der Waals surface area contributed by atoms with E-state index in [9.17, 15) is 23.5 Å². The molecule has 0 saturated heterocycles. The first-order valence-electron chi connectivity index (χ1n) is 9.97. The molecule has 0 aliphatic carbocycles. The number of aliphatic hydroxyl groups is 1. The summed E-state index contributed by atoms with van der Waals surface area (Å²) in [6, 6.07) is 16.5. The fourth-order valence-electron chi connectivity index (χ4n) is 3.46. The van der Waals surface area contributed by atoms with Crippen LogP contribution in [0, 0.1) is 11.6 Å². The first kappa shape index (κ1) is 21.5. The minimum Gasteiger partial charge on any atom is -0.480 e. The lowest BCUT2D eigenvalue weighted by Gasteiger charge is -2.14. The van der Waals surface area contributed by atoms with Gasteiger partial charge in [-0.1, -0.05) is 30.3 Å². The Morgan fingerprint density at radius 1 is 1.06 bits per heavy atom. The van der Waals surface area contributed by atoms with Crippen LogP contribution in [0.15, 0.2) is 66.7 Å². The van der Waals surface area contributed by atoms with Crippen molar-refractivity contribution >= 4 is 17.5 Å². The van der Waals surface area contributed by atoms with Crippen molar-refractivity contribution in [3.05, 3.63) is 95.1 Å². The number of carbonyl (C=O) groups is 2. The number of aliphatic hydroxyl groups excluding tert-OH is 1. The lowest BCUT2D eigenvalue weighted by Crippen LogP contribution is -2.31. The molecule has 0 fully saturated rings. The van der Waals surface area contributed by atoms with Crippen LogP contribution in [0.1, 0.15) is 27.6 Å². The minimum absolute atomic E-state index is 0.120. The monoisotopic (exact) mass is 438 g/mol. The number of carbonyl (C=O) groups excluding carboxylic acids is 2. The first-order chi connectivity index (χ1) is 15.4. The van der Waals surface area contributed by atoms with E-state index in [1.807, 2.05) is 18.2 Å². The normalized spacial score (nSPS) is 15.4. The van der Waals surface area contributed by atoms with E-state index < -0.39 is 29.7 Å². The van der Waals surface area contributed by atoms with Crippen LogP contribution in [-0.4, -0.2) is 29.6 Å². The van der Waals surface area contributed by atoms with Gasteiger partial charge < -0.3 is 20.5 Å². The van der Waals surface area contributed by atoms with E-state index in [1.165, 1.54) is 12.1 Å². The largest absolute Gasteiger partial charge is 0.480 e. The number of fused-ring (bicyclic) bond motifs is 1. The molecule has 3 aromatic rings. The molecule has 0 radical (unpaired) electrons. The molecule has 1 aliphatic heterocycles. The van der Waals surface area contributed by atoms with E-state index in [4.69, 9.17) is 4.74 Å². The zero-order valence-electron chi connectivity index (χ0n) is 16.8. The third-order valence-corrected chi connectivity index (χ3v) is 5.11. The maximum Gasteiger partial charge on any atom is 0.265 e. The Bertz CT molecular complexity index is 1140. The number of rotatable bonds is 6. The molecule has 2 amide bonds. The SMILES string of the molecule is O=C(NCC(O)c1ccc(F)cc1F)c1cccc(NC(=O)C2Cc3ccccc3O2)c1. The number of ether oxygens (including phenoxy) is 1. The number of para-hydroxylation sites is 1. The van der Waals surface area contributed by atoms with Gasteiger partial charge >= 0.3 is 0 Å². The van der Waals surface area contributed by atoms with Gasteiger partial charge in [0, 0.05) is 35.8 Å². The van der Waals surface area contributed by atoms with E-state index >= 15 is 0 Å². The Hall–Kier alpha value is -3.78. The van der Waals surface area contributed by atoms with Crippen LogP contribution in [0.4, 0.5) is 14.5 Å². The van der Waals surface area contributed by atoms with Crippen LogP contribution >= 0.6 is 0 Å². The van der Waals surface area contributed by atoms with Gasteiger partial charge in [-0.3, -0.25) is 9.59 Å². The third-order valence-electron chi connectivity index (χ3n) is 5.11. The van der Waals surface area contributed by atoms with Crippen molar-refractivity contribution in [3.8, 4) is 5.75 Å². The summed E-state index contributed by atoms with van der Waals surface area (Å²) in [5, 5.41) is 15.3. The van der Waals surface area contributed by atoms with Gasteiger partial charge in [-0.15, -0.1) is 0 Å². The lowest BCUT2D eigenvalue weighted by atomic mass is 10.1. The highest BCUT2D eigenvalue weighted by Gasteiger charge is 2.28. The van der Waals surface area contributed by atoms with Crippen LogP contribution in [0.2, 0.25) is 0 Å². The van der Waals surface area contributed by atoms with Gasteiger partial charge in [-0.2, -0.15) is 0 Å². The predicted molar refractivity (Wildman–Crippen MR) is 113 cm³/mol. The summed E-state index contributed by atoms with van der Waals surface area (Å²) in [6.07, 6.45) is -1.55. The zero-order valence-corrected chi connectivity index (χ0v) is 16.8. The Morgan fingerprint density at radius 3 is 2.66 bits per heavy atom. The molecule has 3 N–H and O–H groups in total. The zero-order chi connectivity index (χ0) is 22.7. The molecule has 0 bridgehead atoms. The fourth-order valence-corrected chi connectivity index (χ4v) is 3.46. The van der Waals surface area contributed by atoms with Gasteiger partial charge in [-0.25, -0.2) is 8.78 Å². The molecular weight excluding hydrogens is 418 g/mol. The summed E-state index contributed by atoms with van der Waals surface area (Å²) < 4.78 is 32.5. The smallest absolute Gasteiger partial charge is 0.265 e. The van der Waals surface area contributed by atoms with Crippen LogP contribution < -0.4 is 15.4 Å². The second-order valence-corrected chi connectivity index (χ2v) is 7.38. The molecule has 2 atom stereocenters. The summed E-state index contributed by atoms with van der Waals surface area (Å²) in [5.41, 5.74) is 1.49. The summed E-state index contributed by atoms with van der Waals surface area (Å²) in [6.45, 7) is -0.272. The lowest BCUT2D eigenvalue weighted by molar-refractivity contribution is -0.122. The second kappa shape index (κ2) is 9.15. The van der Waals surface area contributed by atoms with E-state index in [2.05, 4.69) is 10.6 Å². The minimum atomic E-state index is -1.34. The molecule has 164 valence electrons. The van der Waals surface area contributed by atoms with Gasteiger partial charge in [0.2, 0.25) is 0 Å². The average Bonchev–Trinajstić information content (AvgIpc) is 3.22. The predicted octanol–water partition coefficient (Wildman–Crippen LogP) is 3.37. The molecule has 0 saturated carbocycles. The molecule has 1 heterocycles. The number of hydrogen-bond donors (Lipinski definition) is 3. The summed E-state index contributed by atoms with van der Waals surface area (Å²) in [4.78, 5) is 25.0. The molecule has 32 heavy (non-hydrogen) atoms. The number of nitrogens with one attached hydrogen (secondary N) is 2. The van der Waals surface area contributed by atoms with Crippen LogP contribution in [0.3, 0.4) is 0 Å². The topological polar surface area (TPSA) is 87.7 Å². The molecule has 8 heteroatoms. The Morgan fingerprint density at radius 2 is 1.88 bits per heavy atom. The highest BCUT2D eigenvalue weighted by atomic mass is 19.1. The standard InChI is InChI=1S/C24H20F2N2O4/c25-16-8-9-18(19(26)12-16)20(29)13-27-23(30)15-5-3-6-17(10-15)28-24(31)22-11-14-4-1-2-7-21(14)32-22/h1-10,12,20,22,29H,11,13H2,(H,27,30)(H,28,31). The molecule has 3 aromatic carbocycles. The Balaban J connectivity index is 1.35. The number of amides is 2.